The maximum Gasteiger partial charge on any atom is 0.345 e. The van der Waals surface area contributed by atoms with E-state index in [9.17, 15) is 14.9 Å². The summed E-state index contributed by atoms with van der Waals surface area (Å²) in [6.07, 6.45) is 3.11. The van der Waals surface area contributed by atoms with Gasteiger partial charge in [0.1, 0.15) is 22.8 Å². The summed E-state index contributed by atoms with van der Waals surface area (Å²) in [5.74, 6) is -0.681. The van der Waals surface area contributed by atoms with Gasteiger partial charge in [0.15, 0.2) is 0 Å². The smallest absolute Gasteiger partial charge is 0.345 e. The Morgan fingerprint density at radius 3 is 2.33 bits per heavy atom. The van der Waals surface area contributed by atoms with Gasteiger partial charge in [-0.2, -0.15) is 5.26 Å². The Hall–Kier alpha value is -4.11. The Bertz CT molecular complexity index is 1310. The summed E-state index contributed by atoms with van der Waals surface area (Å²) in [7, 11) is 0. The van der Waals surface area contributed by atoms with E-state index in [4.69, 9.17) is 4.74 Å². The number of carbonyl (C=O) groups excluding carboxylic acids is 1. The van der Waals surface area contributed by atoms with Crippen molar-refractivity contribution < 1.29 is 9.53 Å². The molecule has 2 aromatic carbocycles. The summed E-state index contributed by atoms with van der Waals surface area (Å²) >= 11 is 0. The summed E-state index contributed by atoms with van der Waals surface area (Å²) < 4.78 is 8.21. The largest absolute Gasteiger partial charge is 0.462 e. The van der Waals surface area contributed by atoms with Crippen LogP contribution in [-0.2, 0) is 11.3 Å². The molecule has 0 unspecified atom stereocenters. The van der Waals surface area contributed by atoms with Gasteiger partial charge >= 0.3 is 5.97 Å². The number of ether oxygens (including phenoxy) is 1. The first-order valence-corrected chi connectivity index (χ1v) is 9.59. The number of nitrogens with zero attached hydrogens (tertiary/aromatic N) is 3. The molecule has 0 amide bonds. The van der Waals surface area contributed by atoms with Crippen LogP contribution in [0.25, 0.3) is 16.8 Å². The highest BCUT2D eigenvalue weighted by Crippen LogP contribution is 2.28. The van der Waals surface area contributed by atoms with Crippen LogP contribution in [0, 0.1) is 11.3 Å². The van der Waals surface area contributed by atoms with Gasteiger partial charge < -0.3 is 9.30 Å². The van der Waals surface area contributed by atoms with Gasteiger partial charge in [-0.25, -0.2) is 4.79 Å². The average Bonchev–Trinajstić information content (AvgIpc) is 3.17. The number of benzene rings is 2. The van der Waals surface area contributed by atoms with Crippen LogP contribution in [0.3, 0.4) is 0 Å². The zero-order valence-electron chi connectivity index (χ0n) is 16.4. The number of nitriles is 1. The molecule has 0 saturated heterocycles. The van der Waals surface area contributed by atoms with Gasteiger partial charge in [-0.3, -0.25) is 9.20 Å². The van der Waals surface area contributed by atoms with E-state index in [0.29, 0.717) is 23.3 Å². The average molecular weight is 397 g/mol. The van der Waals surface area contributed by atoms with Crippen molar-refractivity contribution in [3.05, 3.63) is 100 Å². The van der Waals surface area contributed by atoms with E-state index in [1.54, 1.807) is 17.7 Å². The molecule has 6 nitrogen and oxygen atoms in total. The van der Waals surface area contributed by atoms with Crippen LogP contribution < -0.4 is 5.56 Å². The maximum absolute atomic E-state index is 13.1. The number of esters is 1. The summed E-state index contributed by atoms with van der Waals surface area (Å²) in [4.78, 5) is 25.5. The Balaban J connectivity index is 2.03. The van der Waals surface area contributed by atoms with E-state index in [-0.39, 0.29) is 12.2 Å². The third kappa shape index (κ3) is 3.38. The third-order valence-electron chi connectivity index (χ3n) is 4.87. The topological polar surface area (TPSA) is 76.5 Å². The zero-order valence-corrected chi connectivity index (χ0v) is 16.4. The summed E-state index contributed by atoms with van der Waals surface area (Å²) in [5.41, 5.74) is 2.68. The number of hydrogen-bond acceptors (Lipinski definition) is 4. The number of fused-ring (bicyclic) bond motifs is 1. The molecule has 30 heavy (non-hydrogen) atoms. The lowest BCUT2D eigenvalue weighted by atomic mass is 10.1. The van der Waals surface area contributed by atoms with Crippen molar-refractivity contribution in [2.75, 3.05) is 6.61 Å². The van der Waals surface area contributed by atoms with Gasteiger partial charge in [0.25, 0.3) is 5.56 Å². The minimum Gasteiger partial charge on any atom is -0.462 e. The van der Waals surface area contributed by atoms with Crippen molar-refractivity contribution in [3.8, 4) is 17.2 Å². The molecule has 0 bridgehead atoms. The standard InChI is InChI=1S/C24H19N3O3/c1-2-30-24(29)21-15-26(14-17-9-5-3-6-10-17)22-19(13-25)20(16-27(22)23(21)28)18-11-7-4-8-12-18/h3-12,15-16H,2,14H2,1H3. The predicted octanol–water partition coefficient (Wildman–Crippen LogP) is 3.86. The van der Waals surface area contributed by atoms with Gasteiger partial charge in [-0.15, -0.1) is 0 Å². The summed E-state index contributed by atoms with van der Waals surface area (Å²) in [6, 6.07) is 21.3. The highest BCUT2D eigenvalue weighted by atomic mass is 16.5. The fourth-order valence-electron chi connectivity index (χ4n) is 3.53. The Morgan fingerprint density at radius 1 is 1.03 bits per heavy atom. The molecular weight excluding hydrogens is 378 g/mol. The SMILES string of the molecule is CCOC(=O)c1cn(Cc2ccccc2)c2c(C#N)c(-c3ccccc3)cn2c1=O. The molecule has 0 aliphatic heterocycles. The Kier molecular flexibility index (Phi) is 5.19. The number of hydrogen-bond donors (Lipinski definition) is 0. The lowest BCUT2D eigenvalue weighted by molar-refractivity contribution is 0.0523. The molecule has 0 radical (unpaired) electrons. The van der Waals surface area contributed by atoms with E-state index >= 15 is 0 Å². The molecule has 4 aromatic rings. The van der Waals surface area contributed by atoms with E-state index in [1.807, 2.05) is 60.7 Å². The van der Waals surface area contributed by atoms with Crippen molar-refractivity contribution in [1.82, 2.24) is 8.97 Å². The first kappa shape index (κ1) is 19.2. The van der Waals surface area contributed by atoms with Gasteiger partial charge in [0.2, 0.25) is 0 Å². The molecule has 2 heterocycles. The van der Waals surface area contributed by atoms with Crippen LogP contribution in [0.15, 0.2) is 77.9 Å². The highest BCUT2D eigenvalue weighted by molar-refractivity contribution is 5.89. The molecule has 0 aliphatic rings. The first-order valence-electron chi connectivity index (χ1n) is 9.59. The quantitative estimate of drug-likeness (QED) is 0.479. The predicted molar refractivity (Wildman–Crippen MR) is 113 cm³/mol. The van der Waals surface area contributed by atoms with Crippen LogP contribution in [-0.4, -0.2) is 21.5 Å². The van der Waals surface area contributed by atoms with E-state index in [0.717, 1.165) is 11.1 Å². The molecule has 0 spiro atoms. The molecule has 0 atom stereocenters. The molecule has 0 aliphatic carbocycles. The molecule has 148 valence electrons. The molecule has 0 saturated carbocycles. The van der Waals surface area contributed by atoms with Crippen molar-refractivity contribution in [1.29, 1.82) is 5.26 Å². The summed E-state index contributed by atoms with van der Waals surface area (Å²) in [5, 5.41) is 9.94. The van der Waals surface area contributed by atoms with Crippen molar-refractivity contribution in [2.24, 2.45) is 0 Å². The third-order valence-corrected chi connectivity index (χ3v) is 4.87. The van der Waals surface area contributed by atoms with Crippen LogP contribution in [0.1, 0.15) is 28.4 Å². The summed E-state index contributed by atoms with van der Waals surface area (Å²) in [6.45, 7) is 2.25. The molecule has 0 fully saturated rings. The zero-order chi connectivity index (χ0) is 21.1. The molecule has 0 N–H and O–H groups in total. The number of aromatic nitrogens is 2. The lowest BCUT2D eigenvalue weighted by Gasteiger charge is -2.12. The van der Waals surface area contributed by atoms with E-state index in [1.165, 1.54) is 10.6 Å². The van der Waals surface area contributed by atoms with Crippen molar-refractivity contribution >= 4 is 11.6 Å². The van der Waals surface area contributed by atoms with Crippen LogP contribution in [0.2, 0.25) is 0 Å². The highest BCUT2D eigenvalue weighted by Gasteiger charge is 2.22. The Morgan fingerprint density at radius 2 is 1.70 bits per heavy atom. The lowest BCUT2D eigenvalue weighted by Crippen LogP contribution is -2.26. The van der Waals surface area contributed by atoms with Gasteiger partial charge in [-0.05, 0) is 18.1 Å². The van der Waals surface area contributed by atoms with Crippen LogP contribution >= 0.6 is 0 Å². The maximum atomic E-state index is 13.1. The van der Waals surface area contributed by atoms with Crippen LogP contribution in [0.5, 0.6) is 0 Å². The monoisotopic (exact) mass is 397 g/mol. The van der Waals surface area contributed by atoms with Gasteiger partial charge in [0.05, 0.1) is 6.61 Å². The molecule has 2 aromatic heterocycles. The normalized spacial score (nSPS) is 10.7. The van der Waals surface area contributed by atoms with Crippen LogP contribution in [0.4, 0.5) is 0 Å². The molecule has 6 heteroatoms. The number of carbonyl (C=O) groups is 1. The van der Waals surface area contributed by atoms with Crippen molar-refractivity contribution in [3.63, 3.8) is 0 Å². The van der Waals surface area contributed by atoms with E-state index in [2.05, 4.69) is 6.07 Å². The second-order valence-corrected chi connectivity index (χ2v) is 6.77. The second kappa shape index (κ2) is 8.10. The fraction of sp³-hybridized carbons (Fsp3) is 0.125. The van der Waals surface area contributed by atoms with Crippen molar-refractivity contribution in [2.45, 2.75) is 13.5 Å². The number of rotatable bonds is 5. The minimum absolute atomic E-state index is 0.0700. The van der Waals surface area contributed by atoms with E-state index < -0.39 is 11.5 Å². The van der Waals surface area contributed by atoms with Gasteiger partial charge in [0, 0.05) is 24.5 Å². The fourth-order valence-corrected chi connectivity index (χ4v) is 3.53. The van der Waals surface area contributed by atoms with Gasteiger partial charge in [-0.1, -0.05) is 60.7 Å². The second-order valence-electron chi connectivity index (χ2n) is 6.77. The molecule has 4 rings (SSSR count). The molecular formula is C24H19N3O3. The Labute approximate surface area is 173 Å². The first-order chi connectivity index (χ1) is 14.6. The minimum atomic E-state index is -0.681.